The lowest BCUT2D eigenvalue weighted by Gasteiger charge is -2.35. The van der Waals surface area contributed by atoms with Crippen molar-refractivity contribution in [1.82, 2.24) is 19.8 Å². The predicted octanol–water partition coefficient (Wildman–Crippen LogP) is 2.43. The predicted molar refractivity (Wildman–Crippen MR) is 107 cm³/mol. The second-order valence-corrected chi connectivity index (χ2v) is 7.23. The quantitative estimate of drug-likeness (QED) is 0.752. The molecule has 6 nitrogen and oxygen atoms in total. The molecule has 3 rings (SSSR count). The molecule has 0 bridgehead atoms. The first-order chi connectivity index (χ1) is 13.1. The minimum absolute atomic E-state index is 0.199. The van der Waals surface area contributed by atoms with E-state index in [1.165, 1.54) is 5.56 Å². The van der Waals surface area contributed by atoms with Crippen molar-refractivity contribution in [1.29, 1.82) is 0 Å². The van der Waals surface area contributed by atoms with Crippen LogP contribution in [-0.2, 0) is 11.3 Å². The van der Waals surface area contributed by atoms with E-state index in [9.17, 15) is 4.79 Å². The summed E-state index contributed by atoms with van der Waals surface area (Å²) in [5.74, 6) is 1.02. The maximum absolute atomic E-state index is 12.8. The normalized spacial score (nSPS) is 15.1. The van der Waals surface area contributed by atoms with Gasteiger partial charge in [0.1, 0.15) is 0 Å². The van der Waals surface area contributed by atoms with Gasteiger partial charge in [0, 0.05) is 64.1 Å². The first kappa shape index (κ1) is 19.3. The van der Waals surface area contributed by atoms with Crippen molar-refractivity contribution in [3.63, 3.8) is 0 Å². The standard InChI is InChI=1S/C21H29N5O/c1-18(2)26(17-19-7-4-3-5-8-19)20(27)9-12-24-13-15-25(16-14-24)21-22-10-6-11-23-21/h3-8,10-11,18H,9,12-17H2,1-2H3. The average Bonchev–Trinajstić information content (AvgIpc) is 2.72. The molecule has 0 aliphatic carbocycles. The van der Waals surface area contributed by atoms with Gasteiger partial charge in [-0.1, -0.05) is 30.3 Å². The Balaban J connectivity index is 1.47. The molecule has 1 aliphatic rings. The third kappa shape index (κ3) is 5.50. The fourth-order valence-corrected chi connectivity index (χ4v) is 3.36. The van der Waals surface area contributed by atoms with Gasteiger partial charge >= 0.3 is 0 Å². The highest BCUT2D eigenvalue weighted by Crippen LogP contribution is 2.13. The second kappa shape index (κ2) is 9.46. The molecule has 0 radical (unpaired) electrons. The molecule has 144 valence electrons. The highest BCUT2D eigenvalue weighted by molar-refractivity contribution is 5.76. The van der Waals surface area contributed by atoms with Gasteiger partial charge in [-0.15, -0.1) is 0 Å². The maximum atomic E-state index is 12.8. The van der Waals surface area contributed by atoms with Gasteiger partial charge in [0.25, 0.3) is 0 Å². The molecule has 1 amide bonds. The van der Waals surface area contributed by atoms with Crippen molar-refractivity contribution in [2.75, 3.05) is 37.6 Å². The summed E-state index contributed by atoms with van der Waals surface area (Å²) < 4.78 is 0. The van der Waals surface area contributed by atoms with Crippen LogP contribution >= 0.6 is 0 Å². The van der Waals surface area contributed by atoms with Crippen LogP contribution in [0.2, 0.25) is 0 Å². The molecule has 1 aromatic carbocycles. The van der Waals surface area contributed by atoms with Crippen molar-refractivity contribution in [3.05, 3.63) is 54.4 Å². The number of hydrogen-bond acceptors (Lipinski definition) is 5. The molecule has 1 saturated heterocycles. The zero-order chi connectivity index (χ0) is 19.1. The zero-order valence-corrected chi connectivity index (χ0v) is 16.3. The third-order valence-corrected chi connectivity index (χ3v) is 4.99. The molecule has 2 aromatic rings. The average molecular weight is 367 g/mol. The van der Waals surface area contributed by atoms with Crippen molar-refractivity contribution >= 4 is 11.9 Å². The van der Waals surface area contributed by atoms with Crippen molar-refractivity contribution < 1.29 is 4.79 Å². The molecule has 0 unspecified atom stereocenters. The van der Waals surface area contributed by atoms with E-state index in [2.05, 4.69) is 45.7 Å². The number of carbonyl (C=O) groups excluding carboxylic acids is 1. The number of nitrogens with zero attached hydrogens (tertiary/aromatic N) is 5. The molecule has 1 aromatic heterocycles. The lowest BCUT2D eigenvalue weighted by atomic mass is 10.1. The SMILES string of the molecule is CC(C)N(Cc1ccccc1)C(=O)CCN1CCN(c2ncccn2)CC1. The van der Waals surface area contributed by atoms with E-state index < -0.39 is 0 Å². The van der Waals surface area contributed by atoms with E-state index in [0.29, 0.717) is 13.0 Å². The first-order valence-corrected chi connectivity index (χ1v) is 9.71. The lowest BCUT2D eigenvalue weighted by Crippen LogP contribution is -2.48. The first-order valence-electron chi connectivity index (χ1n) is 9.71. The summed E-state index contributed by atoms with van der Waals surface area (Å²) in [6.07, 6.45) is 4.12. The fourth-order valence-electron chi connectivity index (χ4n) is 3.36. The molecule has 6 heteroatoms. The molecule has 1 fully saturated rings. The number of benzene rings is 1. The van der Waals surface area contributed by atoms with E-state index in [1.807, 2.05) is 29.2 Å². The molecular formula is C21H29N5O. The Morgan fingerprint density at radius 1 is 1.04 bits per heavy atom. The largest absolute Gasteiger partial charge is 0.338 e. The van der Waals surface area contributed by atoms with Gasteiger partial charge in [-0.25, -0.2) is 9.97 Å². The number of piperazine rings is 1. The van der Waals surface area contributed by atoms with Gasteiger partial charge in [-0.05, 0) is 25.5 Å². The van der Waals surface area contributed by atoms with Gasteiger partial charge < -0.3 is 9.80 Å². The summed E-state index contributed by atoms with van der Waals surface area (Å²) in [6, 6.07) is 12.2. The van der Waals surface area contributed by atoms with E-state index in [0.717, 1.165) is 38.7 Å². The van der Waals surface area contributed by atoms with Crippen LogP contribution in [0.3, 0.4) is 0 Å². The van der Waals surface area contributed by atoms with Crippen LogP contribution < -0.4 is 4.90 Å². The monoisotopic (exact) mass is 367 g/mol. The minimum atomic E-state index is 0.199. The Morgan fingerprint density at radius 3 is 2.33 bits per heavy atom. The van der Waals surface area contributed by atoms with Crippen LogP contribution in [0.5, 0.6) is 0 Å². The summed E-state index contributed by atoms with van der Waals surface area (Å²) in [5, 5.41) is 0. The summed E-state index contributed by atoms with van der Waals surface area (Å²) in [5.41, 5.74) is 1.18. The molecule has 0 N–H and O–H groups in total. The number of amides is 1. The Kier molecular flexibility index (Phi) is 6.76. The Hall–Kier alpha value is -2.47. The van der Waals surface area contributed by atoms with Crippen molar-refractivity contribution in [2.24, 2.45) is 0 Å². The highest BCUT2D eigenvalue weighted by atomic mass is 16.2. The van der Waals surface area contributed by atoms with Gasteiger partial charge in [-0.3, -0.25) is 9.69 Å². The lowest BCUT2D eigenvalue weighted by molar-refractivity contribution is -0.133. The van der Waals surface area contributed by atoms with E-state index in [4.69, 9.17) is 0 Å². The summed E-state index contributed by atoms with van der Waals surface area (Å²) >= 11 is 0. The van der Waals surface area contributed by atoms with Gasteiger partial charge in [0.15, 0.2) is 0 Å². The highest BCUT2D eigenvalue weighted by Gasteiger charge is 2.21. The van der Waals surface area contributed by atoms with Crippen molar-refractivity contribution in [2.45, 2.75) is 32.9 Å². The molecule has 0 spiro atoms. The zero-order valence-electron chi connectivity index (χ0n) is 16.3. The maximum Gasteiger partial charge on any atom is 0.225 e. The Labute approximate surface area is 161 Å². The second-order valence-electron chi connectivity index (χ2n) is 7.23. The third-order valence-electron chi connectivity index (χ3n) is 4.99. The van der Waals surface area contributed by atoms with Crippen LogP contribution in [0.15, 0.2) is 48.8 Å². The van der Waals surface area contributed by atoms with Gasteiger partial charge in [0.2, 0.25) is 11.9 Å². The number of rotatable bonds is 7. The summed E-state index contributed by atoms with van der Waals surface area (Å²) in [7, 11) is 0. The molecule has 2 heterocycles. The Morgan fingerprint density at radius 2 is 1.70 bits per heavy atom. The smallest absolute Gasteiger partial charge is 0.225 e. The number of carbonyl (C=O) groups is 1. The van der Waals surface area contributed by atoms with Crippen LogP contribution in [0.25, 0.3) is 0 Å². The van der Waals surface area contributed by atoms with E-state index in [-0.39, 0.29) is 11.9 Å². The van der Waals surface area contributed by atoms with Gasteiger partial charge in [0.05, 0.1) is 0 Å². The fraction of sp³-hybridized carbons (Fsp3) is 0.476. The van der Waals surface area contributed by atoms with Crippen LogP contribution in [0.1, 0.15) is 25.8 Å². The molecule has 0 saturated carbocycles. The number of hydrogen-bond donors (Lipinski definition) is 0. The molecular weight excluding hydrogens is 338 g/mol. The molecule has 0 atom stereocenters. The van der Waals surface area contributed by atoms with E-state index >= 15 is 0 Å². The Bertz CT molecular complexity index is 699. The van der Waals surface area contributed by atoms with Gasteiger partial charge in [-0.2, -0.15) is 0 Å². The topological polar surface area (TPSA) is 52.6 Å². The van der Waals surface area contributed by atoms with Crippen molar-refractivity contribution in [3.8, 4) is 0 Å². The van der Waals surface area contributed by atoms with Crippen LogP contribution in [0.4, 0.5) is 5.95 Å². The molecule has 27 heavy (non-hydrogen) atoms. The summed E-state index contributed by atoms with van der Waals surface area (Å²) in [6.45, 7) is 9.32. The molecule has 1 aliphatic heterocycles. The van der Waals surface area contributed by atoms with Crippen LogP contribution in [0, 0.1) is 0 Å². The minimum Gasteiger partial charge on any atom is -0.338 e. The van der Waals surface area contributed by atoms with E-state index in [1.54, 1.807) is 12.4 Å². The number of aromatic nitrogens is 2. The summed E-state index contributed by atoms with van der Waals surface area (Å²) in [4.78, 5) is 28.0. The van der Waals surface area contributed by atoms with Crippen LogP contribution in [-0.4, -0.2) is 64.4 Å². The number of anilines is 1.